The summed E-state index contributed by atoms with van der Waals surface area (Å²) in [5.74, 6) is 5.80. The standard InChI is InChI=1S/C31H50O3/c1-19(24-16-21(24)3)6-7-20(2)25-10-11-26-23-9-8-22-18-31(33-14-15-34-31)13-12-29(22,4)27(23)17-28(32)30(25,26)5/h7,19,21-28,32H,6,8-18H2,1-5H3/b20-7+/t19-,21-,22+,23+,24+,25-,26+,27+,28-,29+,30-/m1/s1. The Morgan fingerprint density at radius 1 is 1.03 bits per heavy atom. The maximum absolute atomic E-state index is 11.8. The van der Waals surface area contributed by atoms with Crippen molar-refractivity contribution in [3.63, 3.8) is 0 Å². The number of aliphatic hydroxyl groups is 1. The van der Waals surface area contributed by atoms with Crippen molar-refractivity contribution in [3.8, 4) is 0 Å². The van der Waals surface area contributed by atoms with Crippen molar-refractivity contribution in [1.29, 1.82) is 0 Å². The van der Waals surface area contributed by atoms with E-state index in [0.29, 0.717) is 29.1 Å². The van der Waals surface area contributed by atoms with Gasteiger partial charge in [-0.1, -0.05) is 39.3 Å². The van der Waals surface area contributed by atoms with Gasteiger partial charge in [0, 0.05) is 18.3 Å². The molecule has 192 valence electrons. The minimum atomic E-state index is -0.283. The van der Waals surface area contributed by atoms with E-state index in [0.717, 1.165) is 56.1 Å². The predicted molar refractivity (Wildman–Crippen MR) is 136 cm³/mol. The average molecular weight is 471 g/mol. The van der Waals surface area contributed by atoms with Crippen LogP contribution < -0.4 is 0 Å². The molecule has 6 rings (SSSR count). The highest BCUT2D eigenvalue weighted by Crippen LogP contribution is 2.69. The van der Waals surface area contributed by atoms with Crippen molar-refractivity contribution >= 4 is 0 Å². The smallest absolute Gasteiger partial charge is 0.168 e. The van der Waals surface area contributed by atoms with Crippen LogP contribution in [-0.2, 0) is 9.47 Å². The highest BCUT2D eigenvalue weighted by molar-refractivity contribution is 5.20. The van der Waals surface area contributed by atoms with Crippen molar-refractivity contribution < 1.29 is 14.6 Å². The van der Waals surface area contributed by atoms with E-state index in [4.69, 9.17) is 9.47 Å². The van der Waals surface area contributed by atoms with Crippen LogP contribution in [0.1, 0.15) is 98.8 Å². The lowest BCUT2D eigenvalue weighted by atomic mass is 9.43. The second kappa shape index (κ2) is 8.32. The van der Waals surface area contributed by atoms with Gasteiger partial charge < -0.3 is 14.6 Å². The molecule has 0 radical (unpaired) electrons. The maximum atomic E-state index is 11.8. The molecule has 3 heteroatoms. The van der Waals surface area contributed by atoms with Crippen LogP contribution >= 0.6 is 0 Å². The maximum Gasteiger partial charge on any atom is 0.168 e. The summed E-state index contributed by atoms with van der Waals surface area (Å²) in [4.78, 5) is 0. The molecule has 34 heavy (non-hydrogen) atoms. The van der Waals surface area contributed by atoms with Gasteiger partial charge in [0.1, 0.15) is 0 Å². The summed E-state index contributed by atoms with van der Waals surface area (Å²) in [7, 11) is 0. The van der Waals surface area contributed by atoms with E-state index in [1.165, 1.54) is 44.9 Å². The number of hydrogen-bond acceptors (Lipinski definition) is 3. The molecule has 1 saturated heterocycles. The average Bonchev–Trinajstić information content (AvgIpc) is 3.20. The first-order chi connectivity index (χ1) is 16.2. The third kappa shape index (κ3) is 3.53. The van der Waals surface area contributed by atoms with Gasteiger partial charge in [0.15, 0.2) is 5.79 Å². The number of rotatable bonds is 4. The quantitative estimate of drug-likeness (QED) is 0.450. The molecule has 3 nitrogen and oxygen atoms in total. The minimum absolute atomic E-state index is 0.0641. The molecule has 0 unspecified atom stereocenters. The van der Waals surface area contributed by atoms with Crippen LogP contribution in [0, 0.1) is 58.2 Å². The summed E-state index contributed by atoms with van der Waals surface area (Å²) < 4.78 is 12.3. The first-order valence-electron chi connectivity index (χ1n) is 14.8. The molecular formula is C31H50O3. The summed E-state index contributed by atoms with van der Waals surface area (Å²) in [6.45, 7) is 13.8. The lowest BCUT2D eigenvalue weighted by Crippen LogP contribution is -2.59. The fourth-order valence-electron chi connectivity index (χ4n) is 10.5. The number of allylic oxidation sites excluding steroid dienone is 2. The van der Waals surface area contributed by atoms with Crippen molar-refractivity contribution in [2.24, 2.45) is 58.2 Å². The van der Waals surface area contributed by atoms with E-state index < -0.39 is 0 Å². The van der Waals surface area contributed by atoms with Crippen LogP contribution in [0.2, 0.25) is 0 Å². The molecule has 0 aromatic carbocycles. The Morgan fingerprint density at radius 3 is 2.47 bits per heavy atom. The molecule has 0 aromatic rings. The monoisotopic (exact) mass is 470 g/mol. The van der Waals surface area contributed by atoms with Crippen molar-refractivity contribution in [2.45, 2.75) is 111 Å². The molecular weight excluding hydrogens is 420 g/mol. The summed E-state index contributed by atoms with van der Waals surface area (Å²) in [6, 6.07) is 0. The zero-order valence-corrected chi connectivity index (χ0v) is 22.5. The van der Waals surface area contributed by atoms with Gasteiger partial charge in [0.25, 0.3) is 0 Å². The molecule has 0 amide bonds. The minimum Gasteiger partial charge on any atom is -0.393 e. The van der Waals surface area contributed by atoms with Gasteiger partial charge in [-0.3, -0.25) is 0 Å². The van der Waals surface area contributed by atoms with Crippen LogP contribution in [0.25, 0.3) is 0 Å². The van der Waals surface area contributed by atoms with Gasteiger partial charge in [-0.15, -0.1) is 0 Å². The Balaban J connectivity index is 1.20. The van der Waals surface area contributed by atoms with Crippen LogP contribution in [0.15, 0.2) is 11.6 Å². The van der Waals surface area contributed by atoms with Gasteiger partial charge in [-0.05, 0) is 111 Å². The van der Waals surface area contributed by atoms with Crippen molar-refractivity contribution in [2.75, 3.05) is 13.2 Å². The molecule has 1 N–H and O–H groups in total. The molecule has 6 aliphatic rings. The van der Waals surface area contributed by atoms with E-state index in [1.807, 2.05) is 0 Å². The van der Waals surface area contributed by atoms with Crippen molar-refractivity contribution in [1.82, 2.24) is 0 Å². The van der Waals surface area contributed by atoms with Gasteiger partial charge in [-0.25, -0.2) is 0 Å². The summed E-state index contributed by atoms with van der Waals surface area (Å²) in [5.41, 5.74) is 1.98. The predicted octanol–water partition coefficient (Wildman–Crippen LogP) is 6.99. The Morgan fingerprint density at radius 2 is 1.76 bits per heavy atom. The molecule has 1 heterocycles. The number of aliphatic hydroxyl groups excluding tert-OH is 1. The molecule has 5 saturated carbocycles. The Kier molecular flexibility index (Phi) is 5.87. The van der Waals surface area contributed by atoms with Gasteiger partial charge in [0.2, 0.25) is 0 Å². The van der Waals surface area contributed by atoms with E-state index in [1.54, 1.807) is 5.57 Å². The third-order valence-electron chi connectivity index (χ3n) is 12.9. The normalized spacial score (nSPS) is 52.7. The highest BCUT2D eigenvalue weighted by Gasteiger charge is 2.64. The summed E-state index contributed by atoms with van der Waals surface area (Å²) >= 11 is 0. The van der Waals surface area contributed by atoms with Crippen LogP contribution in [-0.4, -0.2) is 30.2 Å². The molecule has 6 fully saturated rings. The van der Waals surface area contributed by atoms with E-state index >= 15 is 0 Å². The largest absolute Gasteiger partial charge is 0.393 e. The Hall–Kier alpha value is -0.380. The number of fused-ring (bicyclic) bond motifs is 5. The zero-order valence-electron chi connectivity index (χ0n) is 22.5. The second-order valence-electron chi connectivity index (χ2n) is 14.3. The fourth-order valence-corrected chi connectivity index (χ4v) is 10.5. The van der Waals surface area contributed by atoms with Gasteiger partial charge >= 0.3 is 0 Å². The van der Waals surface area contributed by atoms with Crippen molar-refractivity contribution in [3.05, 3.63) is 11.6 Å². The first-order valence-corrected chi connectivity index (χ1v) is 14.8. The zero-order chi connectivity index (χ0) is 23.9. The van der Waals surface area contributed by atoms with Gasteiger partial charge in [0.05, 0.1) is 19.3 Å². The summed E-state index contributed by atoms with van der Waals surface area (Å²) in [6.07, 6.45) is 14.7. The second-order valence-corrected chi connectivity index (χ2v) is 14.3. The molecule has 11 atom stereocenters. The topological polar surface area (TPSA) is 38.7 Å². The van der Waals surface area contributed by atoms with Gasteiger partial charge in [-0.2, -0.15) is 0 Å². The molecule has 1 aliphatic heterocycles. The third-order valence-corrected chi connectivity index (χ3v) is 12.9. The van der Waals surface area contributed by atoms with E-state index in [-0.39, 0.29) is 17.3 Å². The van der Waals surface area contributed by atoms with Crippen LogP contribution in [0.5, 0.6) is 0 Å². The fraction of sp³-hybridized carbons (Fsp3) is 0.935. The molecule has 0 aromatic heterocycles. The number of hydrogen-bond donors (Lipinski definition) is 1. The van der Waals surface area contributed by atoms with E-state index in [2.05, 4.69) is 40.7 Å². The first kappa shape index (κ1) is 24.0. The Bertz CT molecular complexity index is 813. The van der Waals surface area contributed by atoms with E-state index in [9.17, 15) is 5.11 Å². The van der Waals surface area contributed by atoms with Crippen LogP contribution in [0.3, 0.4) is 0 Å². The molecule has 1 spiro atoms. The lowest BCUT2D eigenvalue weighted by molar-refractivity contribution is -0.236. The van der Waals surface area contributed by atoms with Crippen LogP contribution in [0.4, 0.5) is 0 Å². The molecule has 0 bridgehead atoms. The highest BCUT2D eigenvalue weighted by atomic mass is 16.7. The Labute approximate surface area is 208 Å². The summed E-state index contributed by atoms with van der Waals surface area (Å²) in [5, 5.41) is 11.8. The number of ether oxygens (including phenoxy) is 2. The lowest BCUT2D eigenvalue weighted by Gasteiger charge is -2.63. The molecule has 5 aliphatic carbocycles. The SMILES string of the molecule is C/C(=C\C[C@@H](C)[C@@H]1C[C@H]1C)[C@H]1CC[C@H]2[C@@H]3CC[C@H]4CC5(CC[C@]4(C)[C@H]3C[C@@H](O)[C@]12C)OCCO5.